The van der Waals surface area contributed by atoms with Gasteiger partial charge in [-0.05, 0) is 68.7 Å². The zero-order valence-corrected chi connectivity index (χ0v) is 22.7. The van der Waals surface area contributed by atoms with Gasteiger partial charge in [0.2, 0.25) is 0 Å². The molecule has 3 aromatic rings. The van der Waals surface area contributed by atoms with Crippen LogP contribution in [0.1, 0.15) is 60.8 Å². The maximum absolute atomic E-state index is 12.9. The van der Waals surface area contributed by atoms with Gasteiger partial charge in [0.05, 0.1) is 6.04 Å². The molecule has 0 bridgehead atoms. The van der Waals surface area contributed by atoms with Gasteiger partial charge in [-0.15, -0.1) is 0 Å². The van der Waals surface area contributed by atoms with Gasteiger partial charge in [-0.2, -0.15) is 0 Å². The maximum Gasteiger partial charge on any atom is 0.253 e. The highest BCUT2D eigenvalue weighted by atomic mass is 35.5. The molecule has 0 spiro atoms. The number of hydrogen-bond donors (Lipinski definition) is 0. The first-order chi connectivity index (χ1) is 17.4. The van der Waals surface area contributed by atoms with Crippen molar-refractivity contribution in [2.75, 3.05) is 26.2 Å². The second-order valence-electron chi connectivity index (χ2n) is 9.87. The summed E-state index contributed by atoms with van der Waals surface area (Å²) in [6.45, 7) is 13.0. The molecule has 1 saturated heterocycles. The van der Waals surface area contributed by atoms with Crippen LogP contribution < -0.4 is 0 Å². The summed E-state index contributed by atoms with van der Waals surface area (Å²) in [5.74, 6) is 0.0967. The van der Waals surface area contributed by atoms with Crippen LogP contribution in [-0.2, 0) is 6.54 Å². The molecule has 190 valence electrons. The van der Waals surface area contributed by atoms with Gasteiger partial charge in [-0.3, -0.25) is 14.6 Å². The van der Waals surface area contributed by atoms with E-state index in [4.69, 9.17) is 11.6 Å². The molecule has 4 nitrogen and oxygen atoms in total. The van der Waals surface area contributed by atoms with E-state index in [0.717, 1.165) is 43.3 Å². The molecule has 1 heterocycles. The molecule has 1 unspecified atom stereocenters. The van der Waals surface area contributed by atoms with Crippen LogP contribution in [0.2, 0.25) is 5.02 Å². The number of carbonyl (C=O) groups is 1. The highest BCUT2D eigenvalue weighted by Crippen LogP contribution is 2.34. The van der Waals surface area contributed by atoms with E-state index < -0.39 is 0 Å². The number of hydrogen-bond acceptors (Lipinski definition) is 3. The summed E-state index contributed by atoms with van der Waals surface area (Å²) in [5, 5.41) is 0.791. The van der Waals surface area contributed by atoms with E-state index >= 15 is 0 Å². The Balaban J connectivity index is 1.58. The topological polar surface area (TPSA) is 26.8 Å². The van der Waals surface area contributed by atoms with E-state index in [0.29, 0.717) is 12.1 Å². The highest BCUT2D eigenvalue weighted by molar-refractivity contribution is 6.30. The van der Waals surface area contributed by atoms with Crippen molar-refractivity contribution >= 4 is 17.5 Å². The largest absolute Gasteiger partial charge is 0.339 e. The minimum absolute atomic E-state index is 0.0967. The fraction of sp³-hybridized carbons (Fsp3) is 0.387. The van der Waals surface area contributed by atoms with Crippen molar-refractivity contribution in [1.82, 2.24) is 14.7 Å². The fourth-order valence-electron chi connectivity index (χ4n) is 5.39. The van der Waals surface area contributed by atoms with E-state index in [-0.39, 0.29) is 11.9 Å². The molecule has 0 saturated carbocycles. The van der Waals surface area contributed by atoms with Crippen molar-refractivity contribution in [3.8, 4) is 0 Å². The molecule has 36 heavy (non-hydrogen) atoms. The first kappa shape index (κ1) is 26.4. The third-order valence-corrected chi connectivity index (χ3v) is 7.64. The van der Waals surface area contributed by atoms with Gasteiger partial charge in [0.15, 0.2) is 0 Å². The lowest BCUT2D eigenvalue weighted by molar-refractivity contribution is 0.0195. The first-order valence-corrected chi connectivity index (χ1v) is 13.5. The van der Waals surface area contributed by atoms with E-state index in [1.807, 2.05) is 43.0 Å². The first-order valence-electron chi connectivity index (χ1n) is 13.1. The summed E-state index contributed by atoms with van der Waals surface area (Å²) < 4.78 is 0. The summed E-state index contributed by atoms with van der Waals surface area (Å²) in [6, 6.07) is 28.1. The van der Waals surface area contributed by atoms with Crippen LogP contribution in [0.15, 0.2) is 78.9 Å². The highest BCUT2D eigenvalue weighted by Gasteiger charge is 2.34. The van der Waals surface area contributed by atoms with Crippen molar-refractivity contribution in [2.24, 2.45) is 0 Å². The van der Waals surface area contributed by atoms with Gasteiger partial charge in [0.25, 0.3) is 5.91 Å². The summed E-state index contributed by atoms with van der Waals surface area (Å²) in [7, 11) is 0. The van der Waals surface area contributed by atoms with Crippen LogP contribution in [-0.4, -0.2) is 58.9 Å². The Kier molecular flexibility index (Phi) is 8.84. The number of benzene rings is 3. The molecule has 0 N–H and O–H groups in total. The van der Waals surface area contributed by atoms with E-state index in [9.17, 15) is 4.79 Å². The van der Waals surface area contributed by atoms with Gasteiger partial charge in [0.1, 0.15) is 0 Å². The third-order valence-electron chi connectivity index (χ3n) is 7.41. The number of carbonyl (C=O) groups excluding carboxylic acids is 1. The quantitative estimate of drug-likeness (QED) is 0.350. The fourth-order valence-corrected chi connectivity index (χ4v) is 5.60. The molecular weight excluding hydrogens is 466 g/mol. The van der Waals surface area contributed by atoms with Crippen molar-refractivity contribution < 1.29 is 4.79 Å². The standard InChI is InChI=1S/C31H38ClN3O/c1-5-33(6-2)31(36)28-17-15-27(16-18-28)30(26-12-8-7-9-13-26)35-21-23(3)34(20-24(35)4)22-25-11-10-14-29(32)19-25/h7-19,23-24,30H,5-6,20-22H2,1-4H3/t23-,24+,30?/m1/s1. The van der Waals surface area contributed by atoms with Gasteiger partial charge < -0.3 is 4.90 Å². The lowest BCUT2D eigenvalue weighted by atomic mass is 9.92. The predicted octanol–water partition coefficient (Wildman–Crippen LogP) is 6.51. The Labute approximate surface area is 221 Å². The number of rotatable bonds is 8. The van der Waals surface area contributed by atoms with E-state index in [1.165, 1.54) is 16.7 Å². The number of halogens is 1. The van der Waals surface area contributed by atoms with Crippen LogP contribution >= 0.6 is 11.6 Å². The molecule has 1 amide bonds. The van der Waals surface area contributed by atoms with Crippen LogP contribution in [0.25, 0.3) is 0 Å². The average molecular weight is 504 g/mol. The summed E-state index contributed by atoms with van der Waals surface area (Å²) >= 11 is 6.24. The van der Waals surface area contributed by atoms with Crippen LogP contribution in [0.3, 0.4) is 0 Å². The molecule has 0 aromatic heterocycles. The van der Waals surface area contributed by atoms with Crippen molar-refractivity contribution in [3.63, 3.8) is 0 Å². The number of piperazine rings is 1. The summed E-state index contributed by atoms with van der Waals surface area (Å²) in [6.07, 6.45) is 0. The SMILES string of the molecule is CCN(CC)C(=O)c1ccc(C(c2ccccc2)N2C[C@@H](C)N(Cc3cccc(Cl)c3)C[C@@H]2C)cc1. The predicted molar refractivity (Wildman–Crippen MR) is 149 cm³/mol. The lowest BCUT2D eigenvalue weighted by Gasteiger charge is -2.47. The molecule has 3 atom stereocenters. The van der Waals surface area contributed by atoms with Gasteiger partial charge in [-0.1, -0.05) is 66.2 Å². The van der Waals surface area contributed by atoms with E-state index in [2.05, 4.69) is 78.2 Å². The second-order valence-corrected chi connectivity index (χ2v) is 10.3. The van der Waals surface area contributed by atoms with Crippen molar-refractivity contribution in [1.29, 1.82) is 0 Å². The molecule has 3 aromatic carbocycles. The Bertz CT molecular complexity index is 1130. The Morgan fingerprint density at radius 1 is 0.889 bits per heavy atom. The molecule has 4 rings (SSSR count). The van der Waals surface area contributed by atoms with Crippen molar-refractivity contribution in [2.45, 2.75) is 52.4 Å². The Morgan fingerprint density at radius 2 is 1.56 bits per heavy atom. The third kappa shape index (κ3) is 6.00. The minimum atomic E-state index is 0.0967. The van der Waals surface area contributed by atoms with Gasteiger partial charge >= 0.3 is 0 Å². The molecule has 1 aliphatic heterocycles. The smallest absolute Gasteiger partial charge is 0.253 e. The van der Waals surface area contributed by atoms with Crippen LogP contribution in [0, 0.1) is 0 Å². The Morgan fingerprint density at radius 3 is 2.19 bits per heavy atom. The van der Waals surface area contributed by atoms with Crippen LogP contribution in [0.5, 0.6) is 0 Å². The Hall–Kier alpha value is -2.66. The molecule has 1 fully saturated rings. The molecule has 0 aliphatic carbocycles. The monoisotopic (exact) mass is 503 g/mol. The van der Waals surface area contributed by atoms with Crippen molar-refractivity contribution in [3.05, 3.63) is 106 Å². The average Bonchev–Trinajstić information content (AvgIpc) is 2.89. The molecule has 5 heteroatoms. The minimum Gasteiger partial charge on any atom is -0.339 e. The second kappa shape index (κ2) is 12.1. The molecule has 1 aliphatic rings. The maximum atomic E-state index is 12.9. The summed E-state index contributed by atoms with van der Waals surface area (Å²) in [5.41, 5.74) is 4.51. The molecule has 0 radical (unpaired) electrons. The van der Waals surface area contributed by atoms with E-state index in [1.54, 1.807) is 0 Å². The zero-order valence-electron chi connectivity index (χ0n) is 21.9. The van der Waals surface area contributed by atoms with Crippen LogP contribution in [0.4, 0.5) is 0 Å². The normalized spacial score (nSPS) is 19.7. The lowest BCUT2D eigenvalue weighted by Crippen LogP contribution is -2.56. The summed E-state index contributed by atoms with van der Waals surface area (Å²) in [4.78, 5) is 19.9. The molecular formula is C31H38ClN3O. The van der Waals surface area contributed by atoms with Gasteiger partial charge in [-0.25, -0.2) is 0 Å². The number of amides is 1. The number of nitrogens with zero attached hydrogens (tertiary/aromatic N) is 3. The van der Waals surface area contributed by atoms with Gasteiger partial charge in [0, 0.05) is 55.4 Å². The zero-order chi connectivity index (χ0) is 25.7.